The second-order valence-electron chi connectivity index (χ2n) is 10.4. The molecule has 0 bridgehead atoms. The molecular weight excluding hydrogens is 548 g/mol. The summed E-state index contributed by atoms with van der Waals surface area (Å²) in [4.78, 5) is 32.1. The van der Waals surface area contributed by atoms with Crippen LogP contribution >= 0.6 is 0 Å². The van der Waals surface area contributed by atoms with Gasteiger partial charge in [0.25, 0.3) is 5.91 Å². The summed E-state index contributed by atoms with van der Waals surface area (Å²) < 4.78 is 38.0. The van der Waals surface area contributed by atoms with Crippen molar-refractivity contribution in [3.8, 4) is 11.6 Å². The van der Waals surface area contributed by atoms with Gasteiger partial charge < -0.3 is 29.8 Å². The molecular formula is C27H31F2N11O2. The van der Waals surface area contributed by atoms with E-state index in [2.05, 4.69) is 30.3 Å². The minimum absolute atomic E-state index is 0.163. The number of carbonyl (C=O) groups is 1. The van der Waals surface area contributed by atoms with Crippen LogP contribution in [0.3, 0.4) is 0 Å². The number of likely N-dealkylation sites (N-methyl/N-ethyl adjacent to an activating group) is 1. The lowest BCUT2D eigenvalue weighted by atomic mass is 10.1. The van der Waals surface area contributed by atoms with Gasteiger partial charge in [0.2, 0.25) is 11.8 Å². The predicted molar refractivity (Wildman–Crippen MR) is 152 cm³/mol. The number of anilines is 2. The average molecular weight is 580 g/mol. The van der Waals surface area contributed by atoms with Crippen molar-refractivity contribution in [2.75, 3.05) is 70.5 Å². The largest absolute Gasteiger partial charge is 0.461 e. The van der Waals surface area contributed by atoms with E-state index in [0.29, 0.717) is 80.8 Å². The standard InChI is InChI=1S/C27H31F2N11O2/c1-36(2)6-5-31-26(41)17-14-20(19(29)15-18(17)28)38-10-7-37(8-11-38)9-12-39-16-32-22-24(39)34-27(30)40-25(22)33-23(35-40)21-4-3-13-42-21/h3-4,13-16H,5-12H2,1-2H3,(H2,30,34)(H,31,41). The topological polar surface area (TPSA) is 139 Å². The number of piperazine rings is 1. The highest BCUT2D eigenvalue weighted by atomic mass is 19.1. The molecule has 0 unspecified atom stereocenters. The number of amides is 1. The van der Waals surface area contributed by atoms with Crippen molar-refractivity contribution in [3.63, 3.8) is 0 Å². The van der Waals surface area contributed by atoms with Crippen LogP contribution in [-0.4, -0.2) is 105 Å². The molecule has 0 aliphatic carbocycles. The van der Waals surface area contributed by atoms with Gasteiger partial charge in [-0.25, -0.2) is 18.7 Å². The summed E-state index contributed by atoms with van der Waals surface area (Å²) in [5.74, 6) is -1.02. The molecule has 1 fully saturated rings. The first kappa shape index (κ1) is 27.5. The van der Waals surface area contributed by atoms with Gasteiger partial charge in [-0.1, -0.05) is 0 Å². The molecule has 13 nitrogen and oxygen atoms in total. The van der Waals surface area contributed by atoms with Crippen molar-refractivity contribution in [1.82, 2.24) is 44.2 Å². The first-order valence-electron chi connectivity index (χ1n) is 13.6. The van der Waals surface area contributed by atoms with Gasteiger partial charge in [-0.3, -0.25) is 9.69 Å². The first-order chi connectivity index (χ1) is 20.3. The number of benzene rings is 1. The summed E-state index contributed by atoms with van der Waals surface area (Å²) in [5.41, 5.74) is 7.92. The van der Waals surface area contributed by atoms with Crippen LogP contribution in [0.2, 0.25) is 0 Å². The highest BCUT2D eigenvalue weighted by Crippen LogP contribution is 2.26. The Bertz CT molecular complexity index is 1720. The number of imidazole rings is 1. The minimum Gasteiger partial charge on any atom is -0.461 e. The van der Waals surface area contributed by atoms with E-state index in [-0.39, 0.29) is 17.2 Å². The summed E-state index contributed by atoms with van der Waals surface area (Å²) >= 11 is 0. The summed E-state index contributed by atoms with van der Waals surface area (Å²) in [5, 5.41) is 7.09. The van der Waals surface area contributed by atoms with E-state index >= 15 is 0 Å². The highest BCUT2D eigenvalue weighted by Gasteiger charge is 2.24. The van der Waals surface area contributed by atoms with Crippen molar-refractivity contribution in [2.45, 2.75) is 6.54 Å². The van der Waals surface area contributed by atoms with Crippen molar-refractivity contribution in [1.29, 1.82) is 0 Å². The van der Waals surface area contributed by atoms with E-state index in [1.54, 1.807) is 24.7 Å². The number of nitrogens with zero attached hydrogens (tertiary/aromatic N) is 9. The number of nitrogens with two attached hydrogens (primary N) is 1. The number of fused-ring (bicyclic) bond motifs is 3. The SMILES string of the molecule is CN(C)CCNC(=O)c1cc(N2CCN(CCn3cnc4c3nc(N)n3nc(-c5ccco5)nc43)CC2)c(F)cc1F. The van der Waals surface area contributed by atoms with E-state index in [0.717, 1.165) is 6.07 Å². The molecule has 4 aromatic heterocycles. The number of hydrogen-bond donors (Lipinski definition) is 2. The molecule has 0 spiro atoms. The molecule has 3 N–H and O–H groups in total. The first-order valence-corrected chi connectivity index (χ1v) is 13.6. The van der Waals surface area contributed by atoms with E-state index in [9.17, 15) is 13.6 Å². The zero-order valence-corrected chi connectivity index (χ0v) is 23.3. The molecule has 5 aromatic rings. The Balaban J connectivity index is 1.10. The fourth-order valence-electron chi connectivity index (χ4n) is 5.01. The van der Waals surface area contributed by atoms with Gasteiger partial charge in [-0.15, -0.1) is 5.10 Å². The lowest BCUT2D eigenvalue weighted by Gasteiger charge is -2.36. The van der Waals surface area contributed by atoms with E-state index in [1.165, 1.54) is 10.6 Å². The van der Waals surface area contributed by atoms with Gasteiger partial charge >= 0.3 is 0 Å². The van der Waals surface area contributed by atoms with Crippen LogP contribution in [0, 0.1) is 11.6 Å². The Kier molecular flexibility index (Phi) is 7.43. The molecule has 42 heavy (non-hydrogen) atoms. The van der Waals surface area contributed by atoms with Gasteiger partial charge in [-0.2, -0.15) is 9.50 Å². The van der Waals surface area contributed by atoms with Crippen LogP contribution < -0.4 is 16.0 Å². The molecule has 1 aliphatic rings. The number of furan rings is 1. The molecule has 6 rings (SSSR count). The minimum atomic E-state index is -0.875. The maximum atomic E-state index is 14.8. The Morgan fingerprint density at radius 3 is 2.64 bits per heavy atom. The number of hydrogen-bond acceptors (Lipinski definition) is 10. The quantitative estimate of drug-likeness (QED) is 0.265. The van der Waals surface area contributed by atoms with Gasteiger partial charge in [0.05, 0.1) is 23.8 Å². The predicted octanol–water partition coefficient (Wildman–Crippen LogP) is 1.71. The molecule has 5 heterocycles. The highest BCUT2D eigenvalue weighted by molar-refractivity contribution is 5.95. The average Bonchev–Trinajstić information content (AvgIpc) is 3.72. The van der Waals surface area contributed by atoms with Gasteiger partial charge in [0, 0.05) is 58.4 Å². The van der Waals surface area contributed by atoms with Gasteiger partial charge in [0.1, 0.15) is 11.6 Å². The number of carbonyl (C=O) groups excluding carboxylic acids is 1. The maximum absolute atomic E-state index is 14.8. The second kappa shape index (κ2) is 11.3. The third-order valence-corrected chi connectivity index (χ3v) is 7.30. The fraction of sp³-hybridized carbons (Fsp3) is 0.370. The number of nitrogen functional groups attached to an aromatic ring is 1. The van der Waals surface area contributed by atoms with E-state index in [1.807, 2.05) is 28.5 Å². The smallest absolute Gasteiger partial charge is 0.254 e. The third-order valence-electron chi connectivity index (χ3n) is 7.30. The van der Waals surface area contributed by atoms with Crippen molar-refractivity contribution >= 4 is 34.4 Å². The fourth-order valence-corrected chi connectivity index (χ4v) is 5.01. The molecule has 15 heteroatoms. The van der Waals surface area contributed by atoms with Gasteiger partial charge in [0.15, 0.2) is 22.6 Å². The van der Waals surface area contributed by atoms with Crippen LogP contribution in [0.4, 0.5) is 20.4 Å². The third kappa shape index (κ3) is 5.35. The summed E-state index contributed by atoms with van der Waals surface area (Å²) in [6, 6.07) is 5.62. The molecule has 0 atom stereocenters. The summed E-state index contributed by atoms with van der Waals surface area (Å²) in [6.07, 6.45) is 3.25. The second-order valence-corrected chi connectivity index (χ2v) is 10.4. The maximum Gasteiger partial charge on any atom is 0.254 e. The lowest BCUT2D eigenvalue weighted by molar-refractivity contribution is 0.0947. The number of aromatic nitrogens is 6. The Morgan fingerprint density at radius 1 is 1.10 bits per heavy atom. The zero-order valence-electron chi connectivity index (χ0n) is 23.3. The Labute approximate surface area is 239 Å². The number of halogens is 2. The van der Waals surface area contributed by atoms with Crippen LogP contribution in [0.1, 0.15) is 10.4 Å². The van der Waals surface area contributed by atoms with Crippen molar-refractivity contribution in [2.24, 2.45) is 0 Å². The number of rotatable bonds is 9. The summed E-state index contributed by atoms with van der Waals surface area (Å²) in [7, 11) is 3.75. The van der Waals surface area contributed by atoms with Crippen LogP contribution in [0.5, 0.6) is 0 Å². The van der Waals surface area contributed by atoms with E-state index in [4.69, 9.17) is 10.2 Å². The van der Waals surface area contributed by atoms with Gasteiger partial charge in [-0.05, 0) is 32.3 Å². The number of nitrogens with one attached hydrogen (secondary N) is 1. The monoisotopic (exact) mass is 579 g/mol. The van der Waals surface area contributed by atoms with E-state index < -0.39 is 17.5 Å². The van der Waals surface area contributed by atoms with Crippen LogP contribution in [-0.2, 0) is 6.54 Å². The molecule has 1 amide bonds. The molecule has 1 aliphatic heterocycles. The van der Waals surface area contributed by atoms with Crippen LogP contribution in [0.25, 0.3) is 28.4 Å². The van der Waals surface area contributed by atoms with Crippen LogP contribution in [0.15, 0.2) is 41.3 Å². The molecule has 0 radical (unpaired) electrons. The van der Waals surface area contributed by atoms with Crippen molar-refractivity contribution in [3.05, 3.63) is 54.1 Å². The summed E-state index contributed by atoms with van der Waals surface area (Å²) in [6.45, 7) is 4.63. The van der Waals surface area contributed by atoms with Crippen molar-refractivity contribution < 1.29 is 18.0 Å². The zero-order chi connectivity index (χ0) is 29.4. The Morgan fingerprint density at radius 2 is 1.90 bits per heavy atom. The molecule has 220 valence electrons. The molecule has 1 aromatic carbocycles. The molecule has 0 saturated carbocycles. The lowest BCUT2D eigenvalue weighted by Crippen LogP contribution is -2.47. The molecule has 1 saturated heterocycles. The normalized spacial score (nSPS) is 14.5. The Hall–Kier alpha value is -4.63.